The highest BCUT2D eigenvalue weighted by Gasteiger charge is 2.19. The molecule has 0 spiro atoms. The number of aryl methyl sites for hydroxylation is 1. The second-order valence-corrected chi connectivity index (χ2v) is 4.41. The molecule has 1 aromatic heterocycles. The van der Waals surface area contributed by atoms with E-state index in [9.17, 15) is 4.79 Å². The van der Waals surface area contributed by atoms with Crippen LogP contribution in [0.4, 0.5) is 0 Å². The Labute approximate surface area is 95.0 Å². The van der Waals surface area contributed by atoms with E-state index in [1.165, 1.54) is 19.3 Å². The van der Waals surface area contributed by atoms with E-state index >= 15 is 0 Å². The van der Waals surface area contributed by atoms with E-state index < -0.39 is 5.91 Å². The van der Waals surface area contributed by atoms with Gasteiger partial charge in [-0.2, -0.15) is 0 Å². The summed E-state index contributed by atoms with van der Waals surface area (Å²) in [4.78, 5) is 11.1. The molecule has 0 radical (unpaired) electrons. The van der Waals surface area contributed by atoms with Crippen molar-refractivity contribution in [2.45, 2.75) is 45.6 Å². The minimum Gasteiger partial charge on any atom is -0.364 e. The SMILES string of the molecule is CCc1c(C(N)=O)nnn1CCC1CCC1. The summed E-state index contributed by atoms with van der Waals surface area (Å²) in [6.07, 6.45) is 5.90. The number of amides is 1. The van der Waals surface area contributed by atoms with E-state index in [4.69, 9.17) is 5.73 Å². The zero-order valence-corrected chi connectivity index (χ0v) is 9.65. The van der Waals surface area contributed by atoms with Gasteiger partial charge in [-0.1, -0.05) is 31.4 Å². The Balaban J connectivity index is 2.04. The van der Waals surface area contributed by atoms with Crippen molar-refractivity contribution in [1.82, 2.24) is 15.0 Å². The zero-order chi connectivity index (χ0) is 11.5. The van der Waals surface area contributed by atoms with Crippen LogP contribution in [0, 0.1) is 5.92 Å². The number of carbonyl (C=O) groups excluding carboxylic acids is 1. The van der Waals surface area contributed by atoms with Crippen LogP contribution in [-0.2, 0) is 13.0 Å². The molecule has 0 aliphatic heterocycles. The highest BCUT2D eigenvalue weighted by Crippen LogP contribution is 2.29. The molecule has 1 saturated carbocycles. The number of aromatic nitrogens is 3. The fourth-order valence-electron chi connectivity index (χ4n) is 2.14. The van der Waals surface area contributed by atoms with Gasteiger partial charge in [0.05, 0.1) is 5.69 Å². The Bertz CT molecular complexity index is 381. The molecule has 0 unspecified atom stereocenters. The van der Waals surface area contributed by atoms with Gasteiger partial charge < -0.3 is 5.73 Å². The molecule has 1 amide bonds. The molecule has 0 atom stereocenters. The number of rotatable bonds is 5. The molecule has 1 fully saturated rings. The summed E-state index contributed by atoms with van der Waals surface area (Å²) in [6.45, 7) is 2.85. The van der Waals surface area contributed by atoms with Crippen molar-refractivity contribution >= 4 is 5.91 Å². The smallest absolute Gasteiger partial charge is 0.271 e. The molecule has 2 N–H and O–H groups in total. The van der Waals surface area contributed by atoms with Gasteiger partial charge in [0.2, 0.25) is 0 Å². The molecule has 0 saturated heterocycles. The van der Waals surface area contributed by atoms with Crippen LogP contribution in [0.15, 0.2) is 0 Å². The molecule has 1 aliphatic carbocycles. The van der Waals surface area contributed by atoms with Crippen LogP contribution < -0.4 is 5.73 Å². The summed E-state index contributed by atoms with van der Waals surface area (Å²) < 4.78 is 1.83. The van der Waals surface area contributed by atoms with E-state index in [0.717, 1.165) is 31.0 Å². The molecule has 0 aromatic carbocycles. The Morgan fingerprint density at radius 2 is 2.31 bits per heavy atom. The summed E-state index contributed by atoms with van der Waals surface area (Å²) in [5, 5.41) is 7.85. The lowest BCUT2D eigenvalue weighted by atomic mass is 9.83. The first-order valence-corrected chi connectivity index (χ1v) is 5.94. The summed E-state index contributed by atoms with van der Waals surface area (Å²) in [5.41, 5.74) is 6.44. The first-order valence-electron chi connectivity index (χ1n) is 5.94. The molecular formula is C11H18N4O. The lowest BCUT2D eigenvalue weighted by molar-refractivity contribution is 0.0994. The minimum absolute atomic E-state index is 0.330. The van der Waals surface area contributed by atoms with Crippen LogP contribution in [0.3, 0.4) is 0 Å². The van der Waals surface area contributed by atoms with Crippen molar-refractivity contribution in [1.29, 1.82) is 0 Å². The summed E-state index contributed by atoms with van der Waals surface area (Å²) in [6, 6.07) is 0. The molecule has 5 nitrogen and oxygen atoms in total. The van der Waals surface area contributed by atoms with Gasteiger partial charge in [-0.05, 0) is 18.8 Å². The Kier molecular flexibility index (Phi) is 3.22. The largest absolute Gasteiger partial charge is 0.364 e. The van der Waals surface area contributed by atoms with Gasteiger partial charge >= 0.3 is 0 Å². The van der Waals surface area contributed by atoms with E-state index in [0.29, 0.717) is 5.69 Å². The number of hydrogen-bond acceptors (Lipinski definition) is 3. The topological polar surface area (TPSA) is 73.8 Å². The van der Waals surface area contributed by atoms with E-state index in [-0.39, 0.29) is 0 Å². The third-order valence-corrected chi connectivity index (χ3v) is 3.38. The van der Waals surface area contributed by atoms with E-state index in [2.05, 4.69) is 10.3 Å². The lowest BCUT2D eigenvalue weighted by Gasteiger charge is -2.25. The third kappa shape index (κ3) is 2.08. The predicted molar refractivity (Wildman–Crippen MR) is 59.9 cm³/mol. The standard InChI is InChI=1S/C11H18N4O/c1-2-9-10(11(12)16)13-14-15(9)7-6-8-4-3-5-8/h8H,2-7H2,1H3,(H2,12,16). The van der Waals surface area contributed by atoms with E-state index in [1.807, 2.05) is 11.6 Å². The van der Waals surface area contributed by atoms with Crippen LogP contribution in [0.2, 0.25) is 0 Å². The van der Waals surface area contributed by atoms with Crippen LogP contribution in [0.5, 0.6) is 0 Å². The van der Waals surface area contributed by atoms with Crippen molar-refractivity contribution in [2.24, 2.45) is 11.7 Å². The molecule has 88 valence electrons. The van der Waals surface area contributed by atoms with Crippen LogP contribution in [0.25, 0.3) is 0 Å². The number of primary amides is 1. The molecule has 1 aliphatic rings. The van der Waals surface area contributed by atoms with E-state index in [1.54, 1.807) is 0 Å². The monoisotopic (exact) mass is 222 g/mol. The van der Waals surface area contributed by atoms with Gasteiger partial charge in [0.1, 0.15) is 0 Å². The maximum atomic E-state index is 11.1. The van der Waals surface area contributed by atoms with Gasteiger partial charge in [0.25, 0.3) is 5.91 Å². The van der Waals surface area contributed by atoms with Gasteiger partial charge in [-0.3, -0.25) is 4.79 Å². The molecule has 1 heterocycles. The highest BCUT2D eigenvalue weighted by molar-refractivity contribution is 5.91. The first-order chi connectivity index (χ1) is 7.72. The molecular weight excluding hydrogens is 204 g/mol. The summed E-state index contributed by atoms with van der Waals surface area (Å²) in [7, 11) is 0. The van der Waals surface area contributed by atoms with Crippen molar-refractivity contribution < 1.29 is 4.79 Å². The highest BCUT2D eigenvalue weighted by atomic mass is 16.1. The molecule has 5 heteroatoms. The summed E-state index contributed by atoms with van der Waals surface area (Å²) in [5.74, 6) is 0.359. The van der Waals surface area contributed by atoms with Crippen molar-refractivity contribution in [3.63, 3.8) is 0 Å². The number of carbonyl (C=O) groups is 1. The number of nitrogens with two attached hydrogens (primary N) is 1. The fourth-order valence-corrected chi connectivity index (χ4v) is 2.14. The summed E-state index contributed by atoms with van der Waals surface area (Å²) >= 11 is 0. The second kappa shape index (κ2) is 4.63. The Hall–Kier alpha value is -1.39. The van der Waals surface area contributed by atoms with Crippen molar-refractivity contribution in [3.8, 4) is 0 Å². The van der Waals surface area contributed by atoms with Gasteiger partial charge in [0.15, 0.2) is 5.69 Å². The Morgan fingerprint density at radius 3 is 2.81 bits per heavy atom. The molecule has 16 heavy (non-hydrogen) atoms. The van der Waals surface area contributed by atoms with Crippen LogP contribution in [0.1, 0.15) is 48.8 Å². The molecule has 0 bridgehead atoms. The van der Waals surface area contributed by atoms with Crippen LogP contribution >= 0.6 is 0 Å². The quantitative estimate of drug-likeness (QED) is 0.811. The maximum Gasteiger partial charge on any atom is 0.271 e. The van der Waals surface area contributed by atoms with Crippen molar-refractivity contribution in [2.75, 3.05) is 0 Å². The third-order valence-electron chi connectivity index (χ3n) is 3.38. The van der Waals surface area contributed by atoms with Gasteiger partial charge in [-0.25, -0.2) is 4.68 Å². The average Bonchev–Trinajstić information content (AvgIpc) is 2.58. The second-order valence-electron chi connectivity index (χ2n) is 4.41. The van der Waals surface area contributed by atoms with Gasteiger partial charge in [-0.15, -0.1) is 5.10 Å². The number of hydrogen-bond donors (Lipinski definition) is 1. The molecule has 1 aromatic rings. The average molecular weight is 222 g/mol. The lowest BCUT2D eigenvalue weighted by Crippen LogP contribution is -2.17. The van der Waals surface area contributed by atoms with Crippen molar-refractivity contribution in [3.05, 3.63) is 11.4 Å². The van der Waals surface area contributed by atoms with Gasteiger partial charge in [0, 0.05) is 6.54 Å². The minimum atomic E-state index is -0.480. The predicted octanol–water partition coefficient (Wildman–Crippen LogP) is 1.13. The zero-order valence-electron chi connectivity index (χ0n) is 9.65. The Morgan fingerprint density at radius 1 is 1.56 bits per heavy atom. The molecule has 2 rings (SSSR count). The number of nitrogens with zero attached hydrogens (tertiary/aromatic N) is 3. The maximum absolute atomic E-state index is 11.1. The first kappa shape index (κ1) is 11.1. The van der Waals surface area contributed by atoms with Crippen LogP contribution in [-0.4, -0.2) is 20.9 Å². The fraction of sp³-hybridized carbons (Fsp3) is 0.727. The normalized spacial score (nSPS) is 16.1.